The Morgan fingerprint density at radius 1 is 1.19 bits per heavy atom. The number of aliphatic imine (C=N–C) groups is 1. The average molecular weight is 374 g/mol. The van der Waals surface area contributed by atoms with Gasteiger partial charge in [-0.05, 0) is 50.4 Å². The molecule has 1 saturated heterocycles. The van der Waals surface area contributed by atoms with Crippen molar-refractivity contribution in [3.63, 3.8) is 0 Å². The summed E-state index contributed by atoms with van der Waals surface area (Å²) in [5.74, 6) is 0.944. The second-order valence-corrected chi connectivity index (χ2v) is 7.55. The summed E-state index contributed by atoms with van der Waals surface area (Å²) >= 11 is 0. The van der Waals surface area contributed by atoms with Gasteiger partial charge >= 0.3 is 0 Å². The van der Waals surface area contributed by atoms with Crippen molar-refractivity contribution < 1.29 is 0 Å². The summed E-state index contributed by atoms with van der Waals surface area (Å²) in [4.78, 5) is 9.46. The van der Waals surface area contributed by atoms with E-state index in [1.165, 1.54) is 36.9 Å². The summed E-state index contributed by atoms with van der Waals surface area (Å²) in [5.41, 5.74) is 2.85. The van der Waals surface area contributed by atoms with Crippen LogP contribution in [0.3, 0.4) is 0 Å². The normalized spacial score (nSPS) is 16.7. The van der Waals surface area contributed by atoms with Crippen molar-refractivity contribution in [2.75, 3.05) is 46.3 Å². The number of nitrogens with one attached hydrogen (secondary N) is 2. The summed E-state index contributed by atoms with van der Waals surface area (Å²) in [6.07, 6.45) is 3.55. The highest BCUT2D eigenvalue weighted by Gasteiger charge is 2.20. The highest BCUT2D eigenvalue weighted by atomic mass is 15.2. The number of guanidine groups is 1. The van der Waals surface area contributed by atoms with Crippen LogP contribution in [0.25, 0.3) is 0 Å². The van der Waals surface area contributed by atoms with E-state index < -0.39 is 0 Å². The van der Waals surface area contributed by atoms with Crippen molar-refractivity contribution in [3.05, 3.63) is 35.4 Å². The van der Waals surface area contributed by atoms with Crippen molar-refractivity contribution in [1.82, 2.24) is 20.4 Å². The lowest BCUT2D eigenvalue weighted by Gasteiger charge is -2.33. The molecule has 1 aromatic rings. The van der Waals surface area contributed by atoms with Crippen LogP contribution in [-0.2, 0) is 6.54 Å². The lowest BCUT2D eigenvalue weighted by molar-refractivity contribution is 0.198. The predicted octanol–water partition coefficient (Wildman–Crippen LogP) is 2.86. The van der Waals surface area contributed by atoms with Gasteiger partial charge in [0.15, 0.2) is 5.96 Å². The number of likely N-dealkylation sites (N-methyl/N-ethyl adjacent to an activating group) is 1. The lowest BCUT2D eigenvalue weighted by atomic mass is 10.0. The van der Waals surface area contributed by atoms with Crippen LogP contribution in [0, 0.1) is 6.92 Å². The lowest BCUT2D eigenvalue weighted by Crippen LogP contribution is -2.49. The van der Waals surface area contributed by atoms with Crippen LogP contribution in [0.1, 0.15) is 44.2 Å². The van der Waals surface area contributed by atoms with Crippen molar-refractivity contribution in [2.45, 2.75) is 52.6 Å². The minimum Gasteiger partial charge on any atom is -0.355 e. The maximum Gasteiger partial charge on any atom is 0.191 e. The molecule has 1 fully saturated rings. The van der Waals surface area contributed by atoms with Gasteiger partial charge in [-0.15, -0.1) is 0 Å². The van der Waals surface area contributed by atoms with Gasteiger partial charge in [0.05, 0.1) is 0 Å². The van der Waals surface area contributed by atoms with Crippen molar-refractivity contribution in [3.8, 4) is 0 Å². The first-order chi connectivity index (χ1) is 13.2. The molecule has 1 aromatic carbocycles. The van der Waals surface area contributed by atoms with Gasteiger partial charge in [0.2, 0.25) is 0 Å². The first kappa shape index (κ1) is 21.7. The monoisotopic (exact) mass is 373 g/mol. The number of rotatable bonds is 9. The molecule has 0 amide bonds. The zero-order valence-corrected chi connectivity index (χ0v) is 17.8. The summed E-state index contributed by atoms with van der Waals surface area (Å²) < 4.78 is 0. The summed E-state index contributed by atoms with van der Waals surface area (Å²) in [6.45, 7) is 14.3. The van der Waals surface area contributed by atoms with E-state index in [-0.39, 0.29) is 0 Å². The topological polar surface area (TPSA) is 42.9 Å². The van der Waals surface area contributed by atoms with Crippen LogP contribution >= 0.6 is 0 Å². The van der Waals surface area contributed by atoms with E-state index in [1.54, 1.807) is 0 Å². The third kappa shape index (κ3) is 7.51. The van der Waals surface area contributed by atoms with Gasteiger partial charge in [-0.1, -0.05) is 38.1 Å². The second-order valence-electron chi connectivity index (χ2n) is 7.55. The van der Waals surface area contributed by atoms with Gasteiger partial charge in [-0.25, -0.2) is 0 Å². The average Bonchev–Trinajstić information content (AvgIpc) is 2.69. The van der Waals surface area contributed by atoms with Gasteiger partial charge in [0.1, 0.15) is 0 Å². The molecule has 0 unspecified atom stereocenters. The van der Waals surface area contributed by atoms with E-state index in [1.807, 2.05) is 7.05 Å². The third-order valence-corrected chi connectivity index (χ3v) is 5.51. The van der Waals surface area contributed by atoms with E-state index in [0.717, 1.165) is 45.2 Å². The van der Waals surface area contributed by atoms with Crippen LogP contribution in [0.5, 0.6) is 0 Å². The Labute approximate surface area is 166 Å². The van der Waals surface area contributed by atoms with E-state index >= 15 is 0 Å². The largest absolute Gasteiger partial charge is 0.355 e. The number of benzene rings is 1. The third-order valence-electron chi connectivity index (χ3n) is 5.51. The van der Waals surface area contributed by atoms with Crippen LogP contribution in [0.4, 0.5) is 0 Å². The van der Waals surface area contributed by atoms with E-state index in [9.17, 15) is 0 Å². The molecular weight excluding hydrogens is 334 g/mol. The fourth-order valence-corrected chi connectivity index (χ4v) is 3.73. The summed E-state index contributed by atoms with van der Waals surface area (Å²) in [7, 11) is 1.87. The Balaban J connectivity index is 1.69. The minimum absolute atomic E-state index is 0.516. The van der Waals surface area contributed by atoms with Crippen molar-refractivity contribution in [1.29, 1.82) is 0 Å². The Bertz CT molecular complexity index is 564. The molecule has 1 heterocycles. The van der Waals surface area contributed by atoms with E-state index in [0.29, 0.717) is 6.04 Å². The van der Waals surface area contributed by atoms with E-state index in [4.69, 9.17) is 0 Å². The molecule has 2 rings (SSSR count). The van der Waals surface area contributed by atoms with Gasteiger partial charge in [0, 0.05) is 45.8 Å². The quantitative estimate of drug-likeness (QED) is 0.516. The maximum atomic E-state index is 4.41. The van der Waals surface area contributed by atoms with Gasteiger partial charge in [-0.2, -0.15) is 0 Å². The molecule has 152 valence electrons. The fourth-order valence-electron chi connectivity index (χ4n) is 3.73. The zero-order chi connectivity index (χ0) is 19.5. The molecule has 0 spiro atoms. The Morgan fingerprint density at radius 3 is 2.56 bits per heavy atom. The summed E-state index contributed by atoms with van der Waals surface area (Å²) in [6, 6.07) is 9.24. The number of likely N-dealkylation sites (tertiary alicyclic amines) is 1. The van der Waals surface area contributed by atoms with Crippen LogP contribution in [0.15, 0.2) is 29.3 Å². The van der Waals surface area contributed by atoms with Gasteiger partial charge in [0.25, 0.3) is 0 Å². The molecule has 27 heavy (non-hydrogen) atoms. The minimum atomic E-state index is 0.516. The van der Waals surface area contributed by atoms with Crippen LogP contribution in [-0.4, -0.2) is 68.1 Å². The SMILES string of the molecule is CCCN(CC)CCNC(=NC)NC1CCN(Cc2ccccc2C)CC1. The molecular formula is C22H39N5. The fraction of sp³-hybridized carbons (Fsp3) is 0.682. The van der Waals surface area contributed by atoms with Crippen molar-refractivity contribution in [2.24, 2.45) is 4.99 Å². The molecule has 5 heteroatoms. The molecule has 1 aliphatic rings. The Hall–Kier alpha value is -1.59. The van der Waals surface area contributed by atoms with Crippen molar-refractivity contribution >= 4 is 5.96 Å². The van der Waals surface area contributed by atoms with Crippen LogP contribution < -0.4 is 10.6 Å². The van der Waals surface area contributed by atoms with Gasteiger partial charge in [-0.3, -0.25) is 9.89 Å². The molecule has 0 aromatic heterocycles. The number of nitrogens with zero attached hydrogens (tertiary/aromatic N) is 3. The van der Waals surface area contributed by atoms with E-state index in [2.05, 4.69) is 70.5 Å². The molecule has 0 saturated carbocycles. The number of piperidine rings is 1. The molecule has 5 nitrogen and oxygen atoms in total. The van der Waals surface area contributed by atoms with Gasteiger partial charge < -0.3 is 15.5 Å². The molecule has 0 atom stereocenters. The predicted molar refractivity (Wildman–Crippen MR) is 116 cm³/mol. The first-order valence-corrected chi connectivity index (χ1v) is 10.6. The highest BCUT2D eigenvalue weighted by Crippen LogP contribution is 2.16. The molecule has 2 N–H and O–H groups in total. The number of hydrogen-bond acceptors (Lipinski definition) is 3. The van der Waals surface area contributed by atoms with Crippen LogP contribution in [0.2, 0.25) is 0 Å². The summed E-state index contributed by atoms with van der Waals surface area (Å²) in [5, 5.41) is 7.10. The number of hydrogen-bond donors (Lipinski definition) is 2. The Kier molecular flexibility index (Phi) is 9.64. The molecule has 0 aliphatic carbocycles. The molecule has 0 radical (unpaired) electrons. The zero-order valence-electron chi connectivity index (χ0n) is 17.8. The standard InChI is InChI=1S/C22H39N5/c1-5-14-26(6-2)17-13-24-22(23-4)25-21-11-15-27(16-12-21)18-20-10-8-7-9-19(20)3/h7-10,21H,5-6,11-18H2,1-4H3,(H2,23,24,25). The highest BCUT2D eigenvalue weighted by molar-refractivity contribution is 5.79. The first-order valence-electron chi connectivity index (χ1n) is 10.6. The smallest absolute Gasteiger partial charge is 0.191 e. The maximum absolute atomic E-state index is 4.41. The molecule has 0 bridgehead atoms. The Morgan fingerprint density at radius 2 is 1.93 bits per heavy atom. The number of aryl methyl sites for hydroxylation is 1. The molecule has 1 aliphatic heterocycles. The second kappa shape index (κ2) is 12.0.